The van der Waals surface area contributed by atoms with E-state index in [-0.39, 0.29) is 24.1 Å². The molecule has 1 fully saturated rings. The number of nitrogens with zero attached hydrogens (tertiary/aromatic N) is 2. The van der Waals surface area contributed by atoms with Gasteiger partial charge in [-0.15, -0.1) is 0 Å². The first-order valence-electron chi connectivity index (χ1n) is 10.1. The molecule has 1 atom stereocenters. The fourth-order valence-electron chi connectivity index (χ4n) is 2.74. The number of halogens is 1. The fraction of sp³-hybridized carbons (Fsp3) is 0.545. The number of rotatable bonds is 8. The molecular formula is C22H31ClN2O3S. The van der Waals surface area contributed by atoms with Gasteiger partial charge in [-0.1, -0.05) is 18.5 Å². The molecule has 1 aromatic carbocycles. The van der Waals surface area contributed by atoms with E-state index in [1.54, 1.807) is 11.0 Å². The highest BCUT2D eigenvalue weighted by atomic mass is 35.5. The largest absolute Gasteiger partial charge is 0.490 e. The number of carbonyl (C=O) groups is 1. The lowest BCUT2D eigenvalue weighted by Gasteiger charge is -2.20. The molecule has 7 heteroatoms. The maximum atomic E-state index is 13.0. The van der Waals surface area contributed by atoms with Crippen LogP contribution in [-0.2, 0) is 4.79 Å². The molecule has 1 saturated heterocycles. The first-order valence-corrected chi connectivity index (χ1v) is 11.3. The Kier molecular flexibility index (Phi) is 8.46. The Hall–Kier alpha value is -1.66. The van der Waals surface area contributed by atoms with Gasteiger partial charge >= 0.3 is 0 Å². The van der Waals surface area contributed by atoms with Crippen LogP contribution < -0.4 is 9.47 Å². The van der Waals surface area contributed by atoms with Gasteiger partial charge in [-0.3, -0.25) is 14.7 Å². The number of hydrogen-bond acceptors (Lipinski definition) is 5. The van der Waals surface area contributed by atoms with Crippen molar-refractivity contribution in [3.63, 3.8) is 0 Å². The number of thioether (sulfide) groups is 1. The summed E-state index contributed by atoms with van der Waals surface area (Å²) in [4.78, 5) is 19.9. The summed E-state index contributed by atoms with van der Waals surface area (Å²) in [5, 5.41) is 1.20. The summed E-state index contributed by atoms with van der Waals surface area (Å²) in [5.41, 5.74) is 0.792. The van der Waals surface area contributed by atoms with Crippen molar-refractivity contribution >= 4 is 40.5 Å². The topological polar surface area (TPSA) is 51.1 Å². The van der Waals surface area contributed by atoms with E-state index in [4.69, 9.17) is 21.1 Å². The summed E-state index contributed by atoms with van der Waals surface area (Å²) >= 11 is 7.90. The predicted octanol–water partition coefficient (Wildman–Crippen LogP) is 6.01. The molecule has 160 valence electrons. The van der Waals surface area contributed by atoms with Crippen molar-refractivity contribution in [2.45, 2.75) is 73.1 Å². The molecule has 0 aromatic heterocycles. The van der Waals surface area contributed by atoms with Crippen molar-refractivity contribution in [1.29, 1.82) is 0 Å². The zero-order valence-corrected chi connectivity index (χ0v) is 19.9. The molecule has 1 aromatic rings. The third kappa shape index (κ3) is 5.92. The van der Waals surface area contributed by atoms with Crippen LogP contribution in [-0.4, -0.2) is 40.8 Å². The van der Waals surface area contributed by atoms with E-state index >= 15 is 0 Å². The molecule has 0 bridgehead atoms. The number of ether oxygens (including phenoxy) is 2. The van der Waals surface area contributed by atoms with Crippen LogP contribution in [0.5, 0.6) is 11.5 Å². The third-order valence-electron chi connectivity index (χ3n) is 4.25. The summed E-state index contributed by atoms with van der Waals surface area (Å²) in [6, 6.07) is 3.82. The van der Waals surface area contributed by atoms with Gasteiger partial charge in [0.15, 0.2) is 16.7 Å². The minimum atomic E-state index is -0.0431. The second-order valence-corrected chi connectivity index (χ2v) is 8.90. The molecule has 0 aliphatic carbocycles. The van der Waals surface area contributed by atoms with E-state index in [9.17, 15) is 4.79 Å². The van der Waals surface area contributed by atoms with Gasteiger partial charge < -0.3 is 9.47 Å². The zero-order chi connectivity index (χ0) is 21.7. The highest BCUT2D eigenvalue weighted by molar-refractivity contribution is 8.18. The van der Waals surface area contributed by atoms with Gasteiger partial charge in [-0.25, -0.2) is 0 Å². The van der Waals surface area contributed by atoms with Crippen molar-refractivity contribution in [3.8, 4) is 11.5 Å². The third-order valence-corrected chi connectivity index (χ3v) is 5.52. The van der Waals surface area contributed by atoms with Crippen LogP contribution in [0.3, 0.4) is 0 Å². The summed E-state index contributed by atoms with van der Waals surface area (Å²) < 4.78 is 11.7. The molecule has 1 amide bonds. The van der Waals surface area contributed by atoms with Crippen molar-refractivity contribution < 1.29 is 14.3 Å². The van der Waals surface area contributed by atoms with Gasteiger partial charge in [0.25, 0.3) is 5.91 Å². The SMILES string of the molecule is CCOc1cc(/C=C2/SC(=NC(C)C)N(C(C)C)C2=O)cc(Cl)c1O[C@@H](C)CC. The molecule has 0 unspecified atom stereocenters. The van der Waals surface area contributed by atoms with E-state index in [1.807, 2.05) is 53.7 Å². The molecule has 2 rings (SSSR count). The lowest BCUT2D eigenvalue weighted by Crippen LogP contribution is -2.35. The Balaban J connectivity index is 2.44. The van der Waals surface area contributed by atoms with E-state index < -0.39 is 0 Å². The standard InChI is InChI=1S/C22H31ClN2O3S/c1-8-15(7)28-20-17(23)10-16(11-18(20)27-9-2)12-19-21(26)25(14(5)6)22(29-19)24-13(3)4/h10-15H,8-9H2,1-7H3/b19-12+,24-22?/t15-/m0/s1. The van der Waals surface area contributed by atoms with Crippen molar-refractivity contribution in [2.24, 2.45) is 4.99 Å². The Morgan fingerprint density at radius 3 is 2.45 bits per heavy atom. The van der Waals surface area contributed by atoms with Gasteiger partial charge in [0.1, 0.15) is 0 Å². The zero-order valence-electron chi connectivity index (χ0n) is 18.3. The summed E-state index contributed by atoms with van der Waals surface area (Å²) in [6.45, 7) is 14.4. The first kappa shape index (κ1) is 23.6. The molecule has 0 N–H and O–H groups in total. The Morgan fingerprint density at radius 2 is 1.90 bits per heavy atom. The van der Waals surface area contributed by atoms with E-state index in [0.29, 0.717) is 28.0 Å². The number of hydrogen-bond donors (Lipinski definition) is 0. The number of carbonyl (C=O) groups excluding carboxylic acids is 1. The van der Waals surface area contributed by atoms with E-state index in [2.05, 4.69) is 11.9 Å². The average molecular weight is 439 g/mol. The first-order chi connectivity index (χ1) is 13.7. The molecule has 29 heavy (non-hydrogen) atoms. The monoisotopic (exact) mass is 438 g/mol. The fourth-order valence-corrected chi connectivity index (χ4v) is 4.23. The Bertz CT molecular complexity index is 805. The second kappa shape index (κ2) is 10.4. The van der Waals surface area contributed by atoms with Gasteiger partial charge in [0, 0.05) is 12.1 Å². The van der Waals surface area contributed by atoms with Crippen molar-refractivity contribution in [1.82, 2.24) is 4.90 Å². The van der Waals surface area contributed by atoms with Gasteiger partial charge in [0.05, 0.1) is 22.6 Å². The second-order valence-electron chi connectivity index (χ2n) is 7.48. The molecule has 5 nitrogen and oxygen atoms in total. The highest BCUT2D eigenvalue weighted by Crippen LogP contribution is 2.40. The lowest BCUT2D eigenvalue weighted by atomic mass is 10.1. The Morgan fingerprint density at radius 1 is 1.21 bits per heavy atom. The van der Waals surface area contributed by atoms with E-state index in [0.717, 1.165) is 17.2 Å². The molecular weight excluding hydrogens is 408 g/mol. The maximum Gasteiger partial charge on any atom is 0.266 e. The van der Waals surface area contributed by atoms with Crippen molar-refractivity contribution in [2.75, 3.05) is 6.61 Å². The van der Waals surface area contributed by atoms with Crippen LogP contribution in [0, 0.1) is 0 Å². The normalized spacial score (nSPS) is 18.4. The summed E-state index contributed by atoms with van der Waals surface area (Å²) in [7, 11) is 0. The molecule has 0 radical (unpaired) electrons. The quantitative estimate of drug-likeness (QED) is 0.466. The van der Waals surface area contributed by atoms with E-state index in [1.165, 1.54) is 11.8 Å². The lowest BCUT2D eigenvalue weighted by molar-refractivity contribution is -0.123. The van der Waals surface area contributed by atoms with Gasteiger partial charge in [-0.2, -0.15) is 0 Å². The molecule has 0 saturated carbocycles. The number of amidine groups is 1. The average Bonchev–Trinajstić information content (AvgIpc) is 2.92. The van der Waals surface area contributed by atoms with Crippen molar-refractivity contribution in [3.05, 3.63) is 27.6 Å². The van der Waals surface area contributed by atoms with Gasteiger partial charge in [-0.05, 0) is 83.5 Å². The van der Waals surface area contributed by atoms with Gasteiger partial charge in [0.2, 0.25) is 0 Å². The van der Waals surface area contributed by atoms with Crippen LogP contribution in [0.25, 0.3) is 6.08 Å². The van der Waals surface area contributed by atoms with Crippen LogP contribution in [0.4, 0.5) is 0 Å². The summed E-state index contributed by atoms with van der Waals surface area (Å²) in [6.07, 6.45) is 2.73. The molecule has 1 aliphatic heterocycles. The number of aliphatic imine (C=N–C) groups is 1. The molecule has 1 heterocycles. The maximum absolute atomic E-state index is 13.0. The Labute approximate surface area is 183 Å². The predicted molar refractivity (Wildman–Crippen MR) is 123 cm³/mol. The van der Waals surface area contributed by atoms with Crippen LogP contribution in [0.1, 0.15) is 60.5 Å². The highest BCUT2D eigenvalue weighted by Gasteiger charge is 2.35. The minimum absolute atomic E-state index is 0.0253. The molecule has 1 aliphatic rings. The van der Waals surface area contributed by atoms with Crippen LogP contribution >= 0.6 is 23.4 Å². The minimum Gasteiger partial charge on any atom is -0.490 e. The van der Waals surface area contributed by atoms with Crippen LogP contribution in [0.2, 0.25) is 5.02 Å². The van der Waals surface area contributed by atoms with Crippen LogP contribution in [0.15, 0.2) is 22.0 Å². The number of benzene rings is 1. The summed E-state index contributed by atoms with van der Waals surface area (Å²) in [5.74, 6) is 1.08. The number of amides is 1. The smallest absolute Gasteiger partial charge is 0.266 e. The molecule has 0 spiro atoms.